The van der Waals surface area contributed by atoms with Gasteiger partial charge in [-0.15, -0.1) is 0 Å². The molecule has 0 radical (unpaired) electrons. The summed E-state index contributed by atoms with van der Waals surface area (Å²) in [4.78, 5) is 23.4. The minimum Gasteiger partial charge on any atom is -0.544 e. The number of rotatable bonds is 15. The third-order valence-corrected chi connectivity index (χ3v) is 5.02. The fourth-order valence-corrected chi connectivity index (χ4v) is 3.82. The lowest BCUT2D eigenvalue weighted by Gasteiger charge is -2.48. The monoisotopic (exact) mass is 345 g/mol. The maximum Gasteiger partial charge on any atom is 0.362 e. The third kappa shape index (κ3) is 6.40. The summed E-state index contributed by atoms with van der Waals surface area (Å²) < 4.78 is -0.116. The molecule has 0 aromatic carbocycles. The van der Waals surface area contributed by atoms with Gasteiger partial charge in [0.25, 0.3) is 0 Å². The van der Waals surface area contributed by atoms with Crippen molar-refractivity contribution in [2.75, 3.05) is 19.7 Å². The van der Waals surface area contributed by atoms with E-state index in [2.05, 4.69) is 6.92 Å². The van der Waals surface area contributed by atoms with E-state index in [9.17, 15) is 24.9 Å². The van der Waals surface area contributed by atoms with Crippen molar-refractivity contribution in [3.05, 3.63) is 0 Å². The number of hydrogen-bond acceptors (Lipinski definition) is 4. The molecule has 2 N–H and O–H groups in total. The Morgan fingerprint density at radius 2 is 1.46 bits per heavy atom. The lowest BCUT2D eigenvalue weighted by molar-refractivity contribution is -0.960. The van der Waals surface area contributed by atoms with Gasteiger partial charge in [0.2, 0.25) is 0 Å². The molecule has 0 amide bonds. The van der Waals surface area contributed by atoms with E-state index < -0.39 is 24.0 Å². The maximum atomic E-state index is 11.8. The average Bonchev–Trinajstić information content (AvgIpc) is 2.51. The number of hydrogen-bond donors (Lipinski definition) is 2. The molecule has 142 valence electrons. The number of carbonyl (C=O) groups is 2. The SMILES string of the molecule is CCCCCCCC[N+](CCO)(C(CC)C(=O)[O-])C(CC)C(=O)O. The van der Waals surface area contributed by atoms with Crippen LogP contribution in [-0.4, -0.2) is 58.4 Å². The van der Waals surface area contributed by atoms with Crippen LogP contribution in [0.5, 0.6) is 0 Å². The normalized spacial score (nSPS) is 16.3. The van der Waals surface area contributed by atoms with Crippen LogP contribution >= 0.6 is 0 Å². The van der Waals surface area contributed by atoms with Crippen LogP contribution in [0.3, 0.4) is 0 Å². The Kier molecular flexibility index (Phi) is 11.7. The predicted octanol–water partition coefficient (Wildman–Crippen LogP) is 1.55. The molecule has 0 aliphatic rings. The van der Waals surface area contributed by atoms with Crippen LogP contribution < -0.4 is 5.11 Å². The lowest BCUT2D eigenvalue weighted by atomic mass is 9.99. The Balaban J connectivity index is 5.34. The van der Waals surface area contributed by atoms with Crippen molar-refractivity contribution >= 4 is 11.9 Å². The van der Waals surface area contributed by atoms with Crippen molar-refractivity contribution in [2.24, 2.45) is 0 Å². The molecule has 0 rings (SSSR count). The smallest absolute Gasteiger partial charge is 0.362 e. The van der Waals surface area contributed by atoms with Gasteiger partial charge in [-0.3, -0.25) is 0 Å². The lowest BCUT2D eigenvalue weighted by Crippen LogP contribution is -2.69. The summed E-state index contributed by atoms with van der Waals surface area (Å²) in [7, 11) is 0. The van der Waals surface area contributed by atoms with Crippen LogP contribution in [0.1, 0.15) is 72.1 Å². The summed E-state index contributed by atoms with van der Waals surface area (Å²) in [5, 5.41) is 30.8. The summed E-state index contributed by atoms with van der Waals surface area (Å²) in [6, 6.07) is -1.75. The van der Waals surface area contributed by atoms with E-state index in [0.717, 1.165) is 32.1 Å². The summed E-state index contributed by atoms with van der Waals surface area (Å²) >= 11 is 0. The van der Waals surface area contributed by atoms with Crippen molar-refractivity contribution in [3.8, 4) is 0 Å². The molecular formula is C18H35NO5. The van der Waals surface area contributed by atoms with Gasteiger partial charge in [0.05, 0.1) is 19.1 Å². The highest BCUT2D eigenvalue weighted by molar-refractivity contribution is 5.74. The minimum atomic E-state index is -1.23. The van der Waals surface area contributed by atoms with Crippen LogP contribution in [0.15, 0.2) is 0 Å². The Morgan fingerprint density at radius 1 is 0.917 bits per heavy atom. The van der Waals surface area contributed by atoms with Crippen LogP contribution in [0.2, 0.25) is 0 Å². The molecule has 3 unspecified atom stereocenters. The van der Waals surface area contributed by atoms with Crippen LogP contribution in [0, 0.1) is 0 Å². The first-order chi connectivity index (χ1) is 11.4. The molecule has 24 heavy (non-hydrogen) atoms. The fourth-order valence-electron chi connectivity index (χ4n) is 3.82. The van der Waals surface area contributed by atoms with E-state index in [-0.39, 0.29) is 17.6 Å². The highest BCUT2D eigenvalue weighted by atomic mass is 16.4. The highest BCUT2D eigenvalue weighted by Crippen LogP contribution is 2.26. The number of aliphatic carboxylic acids is 2. The Labute approximate surface area is 146 Å². The number of carboxylic acid groups (broad SMARTS) is 2. The molecule has 0 fully saturated rings. The topological polar surface area (TPSA) is 97.7 Å². The van der Waals surface area contributed by atoms with E-state index in [0.29, 0.717) is 19.4 Å². The van der Waals surface area contributed by atoms with E-state index in [1.165, 1.54) is 6.42 Å². The van der Waals surface area contributed by atoms with Gasteiger partial charge in [-0.2, -0.15) is 0 Å². The van der Waals surface area contributed by atoms with Crippen molar-refractivity contribution < 1.29 is 29.4 Å². The van der Waals surface area contributed by atoms with Gasteiger partial charge in [-0.1, -0.05) is 46.5 Å². The number of nitrogens with zero attached hydrogens (tertiary/aromatic N) is 1. The van der Waals surface area contributed by atoms with Crippen molar-refractivity contribution in [1.29, 1.82) is 0 Å². The van der Waals surface area contributed by atoms with Gasteiger partial charge in [0.15, 0.2) is 6.04 Å². The molecule has 0 aromatic rings. The average molecular weight is 345 g/mol. The van der Waals surface area contributed by atoms with Crippen LogP contribution in [0.4, 0.5) is 0 Å². The van der Waals surface area contributed by atoms with Crippen LogP contribution in [0.25, 0.3) is 0 Å². The van der Waals surface area contributed by atoms with Crippen LogP contribution in [-0.2, 0) is 9.59 Å². The molecule has 6 heteroatoms. The second-order valence-corrected chi connectivity index (χ2v) is 6.55. The highest BCUT2D eigenvalue weighted by Gasteiger charge is 2.46. The molecule has 0 aliphatic carbocycles. The molecule has 0 heterocycles. The van der Waals surface area contributed by atoms with Gasteiger partial charge in [0.1, 0.15) is 12.6 Å². The quantitative estimate of drug-likeness (QED) is 0.347. The number of carboxylic acids is 2. The number of aliphatic hydroxyl groups excluding tert-OH is 1. The summed E-state index contributed by atoms with van der Waals surface area (Å²) in [6.45, 7) is 5.99. The van der Waals surface area contributed by atoms with Gasteiger partial charge in [-0.05, 0) is 12.8 Å². The minimum absolute atomic E-state index is 0.116. The largest absolute Gasteiger partial charge is 0.544 e. The van der Waals surface area contributed by atoms with Gasteiger partial charge < -0.3 is 24.6 Å². The molecule has 0 spiro atoms. The Morgan fingerprint density at radius 3 is 1.88 bits per heavy atom. The molecule has 3 atom stereocenters. The zero-order valence-corrected chi connectivity index (χ0v) is 15.5. The van der Waals surface area contributed by atoms with E-state index in [1.54, 1.807) is 13.8 Å². The number of quaternary nitrogens is 1. The Bertz CT molecular complexity index is 350. The zero-order valence-electron chi connectivity index (χ0n) is 15.5. The molecule has 6 nitrogen and oxygen atoms in total. The van der Waals surface area contributed by atoms with E-state index in [1.807, 2.05) is 0 Å². The number of aliphatic hydroxyl groups is 1. The summed E-state index contributed by atoms with van der Waals surface area (Å²) in [5.41, 5.74) is 0. The second-order valence-electron chi connectivity index (χ2n) is 6.55. The molecule has 0 aromatic heterocycles. The zero-order chi connectivity index (χ0) is 18.6. The second kappa shape index (κ2) is 12.3. The van der Waals surface area contributed by atoms with Gasteiger partial charge in [-0.25, -0.2) is 4.79 Å². The Hall–Kier alpha value is -1.14. The summed E-state index contributed by atoms with van der Waals surface area (Å²) in [6.07, 6.45) is 6.88. The van der Waals surface area contributed by atoms with E-state index in [4.69, 9.17) is 0 Å². The first-order valence-corrected chi connectivity index (χ1v) is 9.32. The molecule has 0 bridgehead atoms. The third-order valence-electron chi connectivity index (χ3n) is 5.02. The van der Waals surface area contributed by atoms with Gasteiger partial charge in [0, 0.05) is 12.8 Å². The van der Waals surface area contributed by atoms with Crippen molar-refractivity contribution in [2.45, 2.75) is 84.2 Å². The number of unbranched alkanes of at least 4 members (excludes halogenated alkanes) is 5. The van der Waals surface area contributed by atoms with E-state index >= 15 is 0 Å². The predicted molar refractivity (Wildman–Crippen MR) is 91.3 cm³/mol. The van der Waals surface area contributed by atoms with Crippen molar-refractivity contribution in [1.82, 2.24) is 0 Å². The molecule has 0 saturated carbocycles. The maximum absolute atomic E-state index is 11.8. The first-order valence-electron chi connectivity index (χ1n) is 9.32. The summed E-state index contributed by atoms with van der Waals surface area (Å²) in [5.74, 6) is -2.23. The number of carbonyl (C=O) groups excluding carboxylic acids is 1. The molecule has 0 aliphatic heterocycles. The molecule has 0 saturated heterocycles. The fraction of sp³-hybridized carbons (Fsp3) is 0.889. The van der Waals surface area contributed by atoms with Gasteiger partial charge >= 0.3 is 5.97 Å². The standard InChI is InChI=1S/C18H35NO5/c1-4-7-8-9-10-11-12-19(13-14-20,15(5-2)17(21)22)16(6-3)18(23)24/h15-16,20H,4-14H2,1-3H3,(H-,21,22,23,24). The molecular weight excluding hydrogens is 310 g/mol. The van der Waals surface area contributed by atoms with Crippen molar-refractivity contribution in [3.63, 3.8) is 0 Å². The first kappa shape index (κ1) is 22.9.